The Morgan fingerprint density at radius 3 is 2.69 bits per heavy atom. The molecule has 13 heavy (non-hydrogen) atoms. The largest absolute Gasteiger partial charge is 0.391 e. The van der Waals surface area contributed by atoms with Gasteiger partial charge < -0.3 is 15.8 Å². The minimum absolute atomic E-state index is 0.612. The molecule has 0 amide bonds. The van der Waals surface area contributed by atoms with E-state index in [1.54, 1.807) is 7.11 Å². The zero-order chi connectivity index (χ0) is 9.78. The second-order valence-electron chi connectivity index (χ2n) is 3.00. The summed E-state index contributed by atoms with van der Waals surface area (Å²) in [5.41, 5.74) is 5.28. The third-order valence-corrected chi connectivity index (χ3v) is 1.79. The molecule has 0 aromatic rings. The third-order valence-electron chi connectivity index (χ3n) is 1.79. The topological polar surface area (TPSA) is 47.3 Å². The average molecular weight is 186 g/mol. The molecule has 0 bridgehead atoms. The van der Waals surface area contributed by atoms with Crippen LogP contribution in [0.3, 0.4) is 0 Å². The summed E-state index contributed by atoms with van der Waals surface area (Å²) < 4.78 is 4.96. The van der Waals surface area contributed by atoms with Crippen LogP contribution in [0.1, 0.15) is 25.7 Å². The van der Waals surface area contributed by atoms with Crippen LogP contribution in [0.15, 0.2) is 12.3 Å². The van der Waals surface area contributed by atoms with Crippen molar-refractivity contribution in [3.05, 3.63) is 12.3 Å². The SMILES string of the molecule is COCCCCCCN/C=C\CN. The van der Waals surface area contributed by atoms with Crippen LogP contribution in [0.5, 0.6) is 0 Å². The fraction of sp³-hybridized carbons (Fsp3) is 0.800. The number of nitrogens with one attached hydrogen (secondary N) is 1. The van der Waals surface area contributed by atoms with Gasteiger partial charge in [-0.05, 0) is 19.0 Å². The van der Waals surface area contributed by atoms with Crippen molar-refractivity contribution in [2.75, 3.05) is 26.8 Å². The maximum Gasteiger partial charge on any atom is 0.0462 e. The Morgan fingerprint density at radius 2 is 2.00 bits per heavy atom. The lowest BCUT2D eigenvalue weighted by atomic mass is 10.2. The minimum atomic E-state index is 0.612. The Balaban J connectivity index is 2.87. The van der Waals surface area contributed by atoms with Gasteiger partial charge in [-0.15, -0.1) is 0 Å². The van der Waals surface area contributed by atoms with Crippen molar-refractivity contribution < 1.29 is 4.74 Å². The van der Waals surface area contributed by atoms with Crippen LogP contribution in [0.2, 0.25) is 0 Å². The number of hydrogen-bond donors (Lipinski definition) is 2. The first-order valence-electron chi connectivity index (χ1n) is 4.99. The number of unbranched alkanes of at least 4 members (excludes halogenated alkanes) is 3. The van der Waals surface area contributed by atoms with Gasteiger partial charge in [-0.3, -0.25) is 0 Å². The van der Waals surface area contributed by atoms with Crippen molar-refractivity contribution in [3.63, 3.8) is 0 Å². The zero-order valence-electron chi connectivity index (χ0n) is 8.59. The highest BCUT2D eigenvalue weighted by Crippen LogP contribution is 1.98. The van der Waals surface area contributed by atoms with Crippen LogP contribution in [-0.4, -0.2) is 26.8 Å². The molecule has 0 aromatic carbocycles. The molecule has 0 aliphatic heterocycles. The van der Waals surface area contributed by atoms with E-state index in [-0.39, 0.29) is 0 Å². The Hall–Kier alpha value is -0.540. The van der Waals surface area contributed by atoms with Gasteiger partial charge in [0.2, 0.25) is 0 Å². The molecule has 0 saturated heterocycles. The molecule has 0 aliphatic carbocycles. The van der Waals surface area contributed by atoms with E-state index in [1.807, 2.05) is 12.3 Å². The van der Waals surface area contributed by atoms with E-state index < -0.39 is 0 Å². The molecule has 0 saturated carbocycles. The predicted molar refractivity (Wildman–Crippen MR) is 56.5 cm³/mol. The molecule has 0 spiro atoms. The van der Waals surface area contributed by atoms with Gasteiger partial charge in [0.15, 0.2) is 0 Å². The highest BCUT2D eigenvalue weighted by atomic mass is 16.5. The van der Waals surface area contributed by atoms with Crippen LogP contribution >= 0.6 is 0 Å². The molecule has 3 N–H and O–H groups in total. The predicted octanol–water partition coefficient (Wildman–Crippen LogP) is 1.26. The van der Waals surface area contributed by atoms with E-state index in [4.69, 9.17) is 10.5 Å². The van der Waals surface area contributed by atoms with Crippen LogP contribution in [0.25, 0.3) is 0 Å². The summed E-state index contributed by atoms with van der Waals surface area (Å²) in [7, 11) is 1.75. The smallest absolute Gasteiger partial charge is 0.0462 e. The van der Waals surface area contributed by atoms with Crippen molar-refractivity contribution >= 4 is 0 Å². The number of rotatable bonds is 9. The van der Waals surface area contributed by atoms with Crippen LogP contribution < -0.4 is 11.1 Å². The molecule has 0 aromatic heterocycles. The Labute approximate surface area is 81.3 Å². The molecule has 0 unspecified atom stereocenters. The molecule has 0 fully saturated rings. The number of hydrogen-bond acceptors (Lipinski definition) is 3. The summed E-state index contributed by atoms with van der Waals surface area (Å²) in [5.74, 6) is 0. The maximum absolute atomic E-state index is 5.28. The molecular weight excluding hydrogens is 164 g/mol. The van der Waals surface area contributed by atoms with E-state index in [2.05, 4.69) is 5.32 Å². The van der Waals surface area contributed by atoms with Crippen molar-refractivity contribution in [2.24, 2.45) is 5.73 Å². The summed E-state index contributed by atoms with van der Waals surface area (Å²) in [6.45, 7) is 2.55. The highest BCUT2D eigenvalue weighted by Gasteiger charge is 1.88. The standard InChI is InChI=1S/C10H22N2O/c1-13-10-5-3-2-4-8-12-9-6-7-11/h6,9,12H,2-5,7-8,10-11H2,1H3/b9-6-. The van der Waals surface area contributed by atoms with Gasteiger partial charge in [0.1, 0.15) is 0 Å². The third kappa shape index (κ3) is 11.5. The first-order valence-corrected chi connectivity index (χ1v) is 4.99. The monoisotopic (exact) mass is 186 g/mol. The van der Waals surface area contributed by atoms with Gasteiger partial charge in [-0.25, -0.2) is 0 Å². The molecule has 3 nitrogen and oxygen atoms in total. The molecule has 0 aliphatic rings. The Kier molecular flexibility index (Phi) is 11.0. The van der Waals surface area contributed by atoms with Crippen molar-refractivity contribution in [1.82, 2.24) is 5.32 Å². The summed E-state index contributed by atoms with van der Waals surface area (Å²) >= 11 is 0. The summed E-state index contributed by atoms with van der Waals surface area (Å²) in [4.78, 5) is 0. The minimum Gasteiger partial charge on any atom is -0.391 e. The van der Waals surface area contributed by atoms with E-state index in [0.717, 1.165) is 13.2 Å². The lowest BCUT2D eigenvalue weighted by molar-refractivity contribution is 0.192. The second kappa shape index (κ2) is 11.5. The highest BCUT2D eigenvalue weighted by molar-refractivity contribution is 4.79. The van der Waals surface area contributed by atoms with Gasteiger partial charge in [-0.2, -0.15) is 0 Å². The second-order valence-corrected chi connectivity index (χ2v) is 3.00. The van der Waals surface area contributed by atoms with Crippen molar-refractivity contribution in [1.29, 1.82) is 0 Å². The van der Waals surface area contributed by atoms with E-state index in [9.17, 15) is 0 Å². The summed E-state index contributed by atoms with van der Waals surface area (Å²) in [5, 5.41) is 3.19. The number of nitrogens with two attached hydrogens (primary N) is 1. The van der Waals surface area contributed by atoms with Gasteiger partial charge in [0.05, 0.1) is 0 Å². The fourth-order valence-corrected chi connectivity index (χ4v) is 1.06. The summed E-state index contributed by atoms with van der Waals surface area (Å²) in [6, 6.07) is 0. The quantitative estimate of drug-likeness (QED) is 0.533. The van der Waals surface area contributed by atoms with Gasteiger partial charge in [0, 0.05) is 26.8 Å². The van der Waals surface area contributed by atoms with Crippen LogP contribution in [0, 0.1) is 0 Å². The van der Waals surface area contributed by atoms with E-state index in [0.29, 0.717) is 6.54 Å². The van der Waals surface area contributed by atoms with E-state index in [1.165, 1.54) is 25.7 Å². The van der Waals surface area contributed by atoms with Gasteiger partial charge in [-0.1, -0.05) is 18.9 Å². The first-order chi connectivity index (χ1) is 6.41. The van der Waals surface area contributed by atoms with Crippen molar-refractivity contribution in [2.45, 2.75) is 25.7 Å². The van der Waals surface area contributed by atoms with Crippen molar-refractivity contribution in [3.8, 4) is 0 Å². The summed E-state index contributed by atoms with van der Waals surface area (Å²) in [6.07, 6.45) is 8.77. The average Bonchev–Trinajstić information content (AvgIpc) is 2.16. The lowest BCUT2D eigenvalue weighted by Crippen LogP contribution is -2.07. The Bertz CT molecular complexity index is 115. The van der Waals surface area contributed by atoms with E-state index >= 15 is 0 Å². The number of methoxy groups -OCH3 is 1. The number of ether oxygens (including phenoxy) is 1. The molecule has 0 atom stereocenters. The Morgan fingerprint density at radius 1 is 1.23 bits per heavy atom. The molecule has 3 heteroatoms. The van der Waals surface area contributed by atoms with Gasteiger partial charge in [0.25, 0.3) is 0 Å². The van der Waals surface area contributed by atoms with Crippen LogP contribution in [-0.2, 0) is 4.74 Å². The molecule has 0 rings (SSSR count). The molecule has 78 valence electrons. The molecular formula is C10H22N2O. The molecule has 0 radical (unpaired) electrons. The maximum atomic E-state index is 5.28. The fourth-order valence-electron chi connectivity index (χ4n) is 1.06. The lowest BCUT2D eigenvalue weighted by Gasteiger charge is -2.01. The first kappa shape index (κ1) is 12.5. The molecule has 0 heterocycles. The van der Waals surface area contributed by atoms with Gasteiger partial charge >= 0.3 is 0 Å². The zero-order valence-corrected chi connectivity index (χ0v) is 8.59. The normalized spacial score (nSPS) is 10.9. The van der Waals surface area contributed by atoms with Crippen LogP contribution in [0.4, 0.5) is 0 Å².